The fourth-order valence-corrected chi connectivity index (χ4v) is 2.04. The third-order valence-electron chi connectivity index (χ3n) is 1.79. The van der Waals surface area contributed by atoms with Crippen molar-refractivity contribution >= 4 is 11.8 Å². The van der Waals surface area contributed by atoms with Crippen LogP contribution in [0.2, 0.25) is 0 Å². The van der Waals surface area contributed by atoms with Crippen molar-refractivity contribution in [3.8, 4) is 12.3 Å². The summed E-state index contributed by atoms with van der Waals surface area (Å²) in [5.41, 5.74) is 1.32. The van der Waals surface area contributed by atoms with Gasteiger partial charge in [-0.25, -0.2) is 0 Å². The Kier molecular flexibility index (Phi) is 5.21. The molecule has 1 aromatic carbocycles. The van der Waals surface area contributed by atoms with Gasteiger partial charge in [0.15, 0.2) is 0 Å². The fourth-order valence-electron chi connectivity index (χ4n) is 1.18. The third-order valence-corrected chi connectivity index (χ3v) is 2.79. The highest BCUT2D eigenvalue weighted by Crippen LogP contribution is 2.19. The molecular weight excluding hydrogens is 190 g/mol. The van der Waals surface area contributed by atoms with Crippen LogP contribution in [0.5, 0.6) is 0 Å². The minimum Gasteiger partial charge on any atom is -0.316 e. The molecule has 0 fully saturated rings. The predicted octanol–water partition coefficient (Wildman–Crippen LogP) is 2.52. The van der Waals surface area contributed by atoms with Crippen LogP contribution in [-0.2, 0) is 6.54 Å². The second-order valence-electron chi connectivity index (χ2n) is 2.98. The monoisotopic (exact) mass is 205 g/mol. The van der Waals surface area contributed by atoms with Gasteiger partial charge in [0, 0.05) is 23.6 Å². The molecule has 2 heteroatoms. The minimum atomic E-state index is 0.834. The molecule has 0 bridgehead atoms. The van der Waals surface area contributed by atoms with Crippen LogP contribution in [0.4, 0.5) is 0 Å². The van der Waals surface area contributed by atoms with Crippen LogP contribution in [0.15, 0.2) is 29.2 Å². The molecule has 1 rings (SSSR count). The van der Waals surface area contributed by atoms with Crippen molar-refractivity contribution in [3.05, 3.63) is 29.8 Å². The zero-order valence-electron chi connectivity index (χ0n) is 8.42. The first-order chi connectivity index (χ1) is 6.86. The standard InChI is InChI=1S/C12H15NS/c1-3-4-8-14-12-7-5-6-11(9-12)10-13-2/h1,5-7,9,13H,4,8,10H2,2H3. The van der Waals surface area contributed by atoms with Gasteiger partial charge < -0.3 is 5.32 Å². The smallest absolute Gasteiger partial charge is 0.0202 e. The van der Waals surface area contributed by atoms with Gasteiger partial charge in [-0.2, -0.15) is 0 Å². The molecule has 0 heterocycles. The highest BCUT2D eigenvalue weighted by molar-refractivity contribution is 7.99. The largest absolute Gasteiger partial charge is 0.316 e. The Bertz CT molecular complexity index is 314. The summed E-state index contributed by atoms with van der Waals surface area (Å²) in [5, 5.41) is 3.14. The van der Waals surface area contributed by atoms with E-state index in [1.807, 2.05) is 18.8 Å². The van der Waals surface area contributed by atoms with E-state index in [4.69, 9.17) is 6.42 Å². The number of hydrogen-bond donors (Lipinski definition) is 1. The summed E-state index contributed by atoms with van der Waals surface area (Å²) >= 11 is 1.81. The molecule has 0 aliphatic rings. The molecule has 0 spiro atoms. The number of nitrogens with one attached hydrogen (secondary N) is 1. The summed E-state index contributed by atoms with van der Waals surface area (Å²) in [6, 6.07) is 8.55. The van der Waals surface area contributed by atoms with Crippen molar-refractivity contribution in [2.75, 3.05) is 12.8 Å². The van der Waals surface area contributed by atoms with Gasteiger partial charge in [0.1, 0.15) is 0 Å². The van der Waals surface area contributed by atoms with E-state index in [9.17, 15) is 0 Å². The van der Waals surface area contributed by atoms with E-state index in [2.05, 4.69) is 35.5 Å². The molecule has 0 unspecified atom stereocenters. The van der Waals surface area contributed by atoms with E-state index in [1.54, 1.807) is 0 Å². The van der Waals surface area contributed by atoms with Crippen molar-refractivity contribution in [2.24, 2.45) is 0 Å². The van der Waals surface area contributed by atoms with Crippen LogP contribution in [0, 0.1) is 12.3 Å². The van der Waals surface area contributed by atoms with Crippen LogP contribution in [-0.4, -0.2) is 12.8 Å². The van der Waals surface area contributed by atoms with Crippen molar-refractivity contribution in [1.29, 1.82) is 0 Å². The number of benzene rings is 1. The Morgan fingerprint density at radius 3 is 3.07 bits per heavy atom. The quantitative estimate of drug-likeness (QED) is 0.450. The molecule has 0 radical (unpaired) electrons. The molecule has 0 aliphatic carbocycles. The van der Waals surface area contributed by atoms with E-state index < -0.39 is 0 Å². The average molecular weight is 205 g/mol. The van der Waals surface area contributed by atoms with Gasteiger partial charge in [-0.15, -0.1) is 24.1 Å². The van der Waals surface area contributed by atoms with E-state index in [-0.39, 0.29) is 0 Å². The minimum absolute atomic E-state index is 0.834. The molecule has 0 saturated carbocycles. The van der Waals surface area contributed by atoms with E-state index >= 15 is 0 Å². The molecule has 74 valence electrons. The van der Waals surface area contributed by atoms with Gasteiger partial charge in [-0.3, -0.25) is 0 Å². The topological polar surface area (TPSA) is 12.0 Å². The Balaban J connectivity index is 2.51. The zero-order valence-corrected chi connectivity index (χ0v) is 9.23. The van der Waals surface area contributed by atoms with Crippen molar-refractivity contribution < 1.29 is 0 Å². The van der Waals surface area contributed by atoms with E-state index in [1.165, 1.54) is 10.5 Å². The van der Waals surface area contributed by atoms with Crippen molar-refractivity contribution in [2.45, 2.75) is 17.9 Å². The van der Waals surface area contributed by atoms with Gasteiger partial charge in [0.25, 0.3) is 0 Å². The van der Waals surface area contributed by atoms with Gasteiger partial charge in [0.2, 0.25) is 0 Å². The molecule has 0 atom stereocenters. The van der Waals surface area contributed by atoms with Crippen LogP contribution in [0.1, 0.15) is 12.0 Å². The van der Waals surface area contributed by atoms with Gasteiger partial charge in [-0.05, 0) is 24.7 Å². The maximum absolute atomic E-state index is 5.20. The van der Waals surface area contributed by atoms with Crippen LogP contribution in [0.3, 0.4) is 0 Å². The third kappa shape index (κ3) is 3.87. The molecule has 0 aromatic heterocycles. The van der Waals surface area contributed by atoms with Gasteiger partial charge in [-0.1, -0.05) is 12.1 Å². The summed E-state index contributed by atoms with van der Waals surface area (Å²) in [6.45, 7) is 0.920. The first-order valence-corrected chi connectivity index (χ1v) is 5.65. The maximum Gasteiger partial charge on any atom is 0.0202 e. The lowest BCUT2D eigenvalue weighted by Crippen LogP contribution is -2.04. The summed E-state index contributed by atoms with van der Waals surface area (Å²) in [6.07, 6.45) is 6.03. The summed E-state index contributed by atoms with van der Waals surface area (Å²) in [5.74, 6) is 3.64. The maximum atomic E-state index is 5.20. The predicted molar refractivity (Wildman–Crippen MR) is 63.4 cm³/mol. The molecule has 1 aromatic rings. The Morgan fingerprint density at radius 2 is 2.36 bits per heavy atom. The van der Waals surface area contributed by atoms with Crippen molar-refractivity contribution in [1.82, 2.24) is 5.32 Å². The second kappa shape index (κ2) is 6.53. The van der Waals surface area contributed by atoms with Crippen molar-refractivity contribution in [3.63, 3.8) is 0 Å². The number of rotatable bonds is 5. The number of terminal acetylenes is 1. The Hall–Kier alpha value is -0.910. The average Bonchev–Trinajstić information content (AvgIpc) is 2.19. The molecule has 0 amide bonds. The molecule has 1 N–H and O–H groups in total. The first-order valence-electron chi connectivity index (χ1n) is 4.66. The molecule has 1 nitrogen and oxygen atoms in total. The summed E-state index contributed by atoms with van der Waals surface area (Å²) < 4.78 is 0. The molecule has 14 heavy (non-hydrogen) atoms. The highest BCUT2D eigenvalue weighted by Gasteiger charge is 1.95. The molecular formula is C12H15NS. The SMILES string of the molecule is C#CCCSc1cccc(CNC)c1. The normalized spacial score (nSPS) is 9.71. The number of hydrogen-bond acceptors (Lipinski definition) is 2. The van der Waals surface area contributed by atoms with E-state index in [0.29, 0.717) is 0 Å². The van der Waals surface area contributed by atoms with Crippen LogP contribution >= 0.6 is 11.8 Å². The molecule has 0 saturated heterocycles. The Labute approximate surface area is 90.3 Å². The Morgan fingerprint density at radius 1 is 1.50 bits per heavy atom. The van der Waals surface area contributed by atoms with Gasteiger partial charge >= 0.3 is 0 Å². The summed E-state index contributed by atoms with van der Waals surface area (Å²) in [7, 11) is 1.96. The van der Waals surface area contributed by atoms with E-state index in [0.717, 1.165) is 18.7 Å². The second-order valence-corrected chi connectivity index (χ2v) is 4.15. The van der Waals surface area contributed by atoms with Crippen LogP contribution < -0.4 is 5.32 Å². The fraction of sp³-hybridized carbons (Fsp3) is 0.333. The van der Waals surface area contributed by atoms with Gasteiger partial charge in [0.05, 0.1) is 0 Å². The lowest BCUT2D eigenvalue weighted by molar-refractivity contribution is 0.815. The number of thioether (sulfide) groups is 1. The van der Waals surface area contributed by atoms with Crippen LogP contribution in [0.25, 0.3) is 0 Å². The lowest BCUT2D eigenvalue weighted by Gasteiger charge is -2.03. The molecule has 0 aliphatic heterocycles. The lowest BCUT2D eigenvalue weighted by atomic mass is 10.2. The first kappa shape index (κ1) is 11.2. The summed E-state index contributed by atoms with van der Waals surface area (Å²) in [4.78, 5) is 1.30. The zero-order chi connectivity index (χ0) is 10.2. The highest BCUT2D eigenvalue weighted by atomic mass is 32.2.